The number of ether oxygens (including phenoxy) is 1. The van der Waals surface area contributed by atoms with E-state index >= 15 is 0 Å². The van der Waals surface area contributed by atoms with Gasteiger partial charge in [-0.1, -0.05) is 24.3 Å². The Bertz CT molecular complexity index is 980. The van der Waals surface area contributed by atoms with Gasteiger partial charge in [0.05, 0.1) is 18.6 Å². The minimum absolute atomic E-state index is 0.156. The van der Waals surface area contributed by atoms with Crippen molar-refractivity contribution in [2.45, 2.75) is 24.4 Å². The first-order chi connectivity index (χ1) is 13.4. The molecule has 0 radical (unpaired) electrons. The van der Waals surface area contributed by atoms with E-state index in [1.54, 1.807) is 12.4 Å². The topological polar surface area (TPSA) is 88.6 Å². The Kier molecular flexibility index (Phi) is 4.84. The van der Waals surface area contributed by atoms with Gasteiger partial charge in [-0.25, -0.2) is 8.42 Å². The largest absolute Gasteiger partial charge is 0.367 e. The molecule has 7 nitrogen and oxygen atoms in total. The quantitative estimate of drug-likeness (QED) is 0.815. The van der Waals surface area contributed by atoms with Crippen molar-refractivity contribution in [2.75, 3.05) is 30.3 Å². The standard InChI is InChI=1S/C20H23N3O4S/c1-28(25,26)23-13-20(16-6-2-3-7-17(16)23)11-18(27-14-20)19(24)22-10-8-15-5-4-9-21-12-15/h2-7,9,12,18H,8,10-11,13-14H2,1H3,(H,22,24). The molecule has 4 rings (SSSR count). The fraction of sp³-hybridized carbons (Fsp3) is 0.400. The van der Waals surface area contributed by atoms with Crippen molar-refractivity contribution in [1.82, 2.24) is 10.3 Å². The third-order valence-corrected chi connectivity index (χ3v) is 6.58. The number of hydrogen-bond acceptors (Lipinski definition) is 5. The van der Waals surface area contributed by atoms with Crippen LogP contribution in [0.2, 0.25) is 0 Å². The van der Waals surface area contributed by atoms with Crippen molar-refractivity contribution in [2.24, 2.45) is 0 Å². The third-order valence-electron chi connectivity index (χ3n) is 5.46. The first-order valence-corrected chi connectivity index (χ1v) is 11.1. The molecular weight excluding hydrogens is 378 g/mol. The second kappa shape index (κ2) is 7.18. The van der Waals surface area contributed by atoms with Gasteiger partial charge < -0.3 is 10.1 Å². The summed E-state index contributed by atoms with van der Waals surface area (Å²) >= 11 is 0. The van der Waals surface area contributed by atoms with E-state index in [4.69, 9.17) is 4.74 Å². The summed E-state index contributed by atoms with van der Waals surface area (Å²) < 4.78 is 31.7. The molecule has 8 heteroatoms. The van der Waals surface area contributed by atoms with Gasteiger partial charge in [0.2, 0.25) is 15.9 Å². The molecule has 148 valence electrons. The molecule has 1 saturated heterocycles. The van der Waals surface area contributed by atoms with Gasteiger partial charge in [-0.15, -0.1) is 0 Å². The van der Waals surface area contributed by atoms with Crippen LogP contribution in [-0.4, -0.2) is 51.4 Å². The monoisotopic (exact) mass is 401 g/mol. The van der Waals surface area contributed by atoms with Gasteiger partial charge in [0, 0.05) is 30.9 Å². The van der Waals surface area contributed by atoms with Gasteiger partial charge in [0.25, 0.3) is 0 Å². The average molecular weight is 401 g/mol. The number of nitrogens with one attached hydrogen (secondary N) is 1. The van der Waals surface area contributed by atoms with Crippen LogP contribution < -0.4 is 9.62 Å². The zero-order valence-corrected chi connectivity index (χ0v) is 16.5. The van der Waals surface area contributed by atoms with Crippen LogP contribution in [0.15, 0.2) is 48.8 Å². The fourth-order valence-corrected chi connectivity index (χ4v) is 5.07. The predicted octanol–water partition coefficient (Wildman–Crippen LogP) is 1.25. The molecule has 2 atom stereocenters. The highest BCUT2D eigenvalue weighted by Gasteiger charge is 2.52. The zero-order chi connectivity index (χ0) is 19.8. The number of pyridine rings is 1. The van der Waals surface area contributed by atoms with Crippen molar-refractivity contribution >= 4 is 21.6 Å². The smallest absolute Gasteiger partial charge is 0.249 e. The number of nitrogens with zero attached hydrogens (tertiary/aromatic N) is 2. The van der Waals surface area contributed by atoms with Crippen LogP contribution in [0, 0.1) is 0 Å². The summed E-state index contributed by atoms with van der Waals surface area (Å²) in [5, 5.41) is 2.92. The lowest BCUT2D eigenvalue weighted by Gasteiger charge is -2.23. The minimum atomic E-state index is -3.39. The Morgan fingerprint density at radius 3 is 2.89 bits per heavy atom. The maximum atomic E-state index is 12.6. The molecule has 1 aromatic carbocycles. The lowest BCUT2D eigenvalue weighted by atomic mass is 9.80. The number of aromatic nitrogens is 1. The van der Waals surface area contributed by atoms with Crippen LogP contribution in [0.1, 0.15) is 17.5 Å². The lowest BCUT2D eigenvalue weighted by Crippen LogP contribution is -2.39. The number of carbonyl (C=O) groups excluding carboxylic acids is 1. The van der Waals surface area contributed by atoms with Crippen LogP contribution in [-0.2, 0) is 31.4 Å². The van der Waals surface area contributed by atoms with Crippen molar-refractivity contribution in [3.8, 4) is 0 Å². The summed E-state index contributed by atoms with van der Waals surface area (Å²) in [4.78, 5) is 16.6. The number of para-hydroxylation sites is 1. The van der Waals surface area contributed by atoms with Gasteiger partial charge >= 0.3 is 0 Å². The number of benzene rings is 1. The number of sulfonamides is 1. The molecule has 1 fully saturated rings. The van der Waals surface area contributed by atoms with Crippen molar-refractivity contribution in [3.63, 3.8) is 0 Å². The second-order valence-electron chi connectivity index (χ2n) is 7.47. The normalized spacial score (nSPS) is 23.8. The van der Waals surface area contributed by atoms with E-state index in [0.29, 0.717) is 38.2 Å². The summed E-state index contributed by atoms with van der Waals surface area (Å²) in [5.74, 6) is -0.156. The molecule has 0 aliphatic carbocycles. The van der Waals surface area contributed by atoms with E-state index in [1.807, 2.05) is 36.4 Å². The van der Waals surface area contributed by atoms with Gasteiger partial charge in [-0.05, 0) is 36.1 Å². The maximum Gasteiger partial charge on any atom is 0.249 e. The summed E-state index contributed by atoms with van der Waals surface area (Å²) in [6.45, 7) is 1.14. The lowest BCUT2D eigenvalue weighted by molar-refractivity contribution is -0.129. The molecule has 0 bridgehead atoms. The highest BCUT2D eigenvalue weighted by molar-refractivity contribution is 7.92. The summed E-state index contributed by atoms with van der Waals surface area (Å²) in [6, 6.07) is 11.3. The Balaban J connectivity index is 1.44. The number of hydrogen-bond donors (Lipinski definition) is 1. The summed E-state index contributed by atoms with van der Waals surface area (Å²) in [5.41, 5.74) is 2.20. The fourth-order valence-electron chi connectivity index (χ4n) is 4.07. The molecule has 1 spiro atoms. The summed E-state index contributed by atoms with van der Waals surface area (Å²) in [7, 11) is -3.39. The molecule has 2 aliphatic rings. The van der Waals surface area contributed by atoms with Crippen molar-refractivity contribution in [3.05, 3.63) is 59.9 Å². The molecule has 2 aliphatic heterocycles. The molecular formula is C20H23N3O4S. The van der Waals surface area contributed by atoms with Gasteiger partial charge in [-0.2, -0.15) is 0 Å². The molecule has 0 saturated carbocycles. The van der Waals surface area contributed by atoms with Crippen LogP contribution in [0.25, 0.3) is 0 Å². The molecule has 1 aromatic heterocycles. The van der Waals surface area contributed by atoms with E-state index in [2.05, 4.69) is 10.3 Å². The van der Waals surface area contributed by atoms with E-state index in [9.17, 15) is 13.2 Å². The second-order valence-corrected chi connectivity index (χ2v) is 9.38. The third kappa shape index (κ3) is 3.49. The minimum Gasteiger partial charge on any atom is -0.367 e. The van der Waals surface area contributed by atoms with E-state index in [-0.39, 0.29) is 5.91 Å². The predicted molar refractivity (Wildman–Crippen MR) is 106 cm³/mol. The van der Waals surface area contributed by atoms with Crippen LogP contribution in [0.5, 0.6) is 0 Å². The Labute approximate surface area is 164 Å². The Hall–Kier alpha value is -2.45. The number of amides is 1. The first kappa shape index (κ1) is 18.9. The first-order valence-electron chi connectivity index (χ1n) is 9.24. The molecule has 1 amide bonds. The molecule has 28 heavy (non-hydrogen) atoms. The summed E-state index contributed by atoms with van der Waals surface area (Å²) in [6.07, 6.45) is 5.29. The Morgan fingerprint density at radius 1 is 1.32 bits per heavy atom. The van der Waals surface area contributed by atoms with Gasteiger partial charge in [-0.3, -0.25) is 14.1 Å². The Morgan fingerprint density at radius 2 is 2.14 bits per heavy atom. The molecule has 2 aromatic rings. The number of carbonyl (C=O) groups is 1. The van der Waals surface area contributed by atoms with Crippen LogP contribution in [0.3, 0.4) is 0 Å². The zero-order valence-electron chi connectivity index (χ0n) is 15.7. The van der Waals surface area contributed by atoms with Crippen molar-refractivity contribution in [1.29, 1.82) is 0 Å². The number of fused-ring (bicyclic) bond motifs is 2. The molecule has 1 N–H and O–H groups in total. The maximum absolute atomic E-state index is 12.6. The highest BCUT2D eigenvalue weighted by Crippen LogP contribution is 2.48. The van der Waals surface area contributed by atoms with Crippen LogP contribution in [0.4, 0.5) is 5.69 Å². The SMILES string of the molecule is CS(=O)(=O)N1CC2(COC(C(=O)NCCc3cccnc3)C2)c2ccccc21. The van der Waals surface area contributed by atoms with E-state index in [1.165, 1.54) is 10.6 Å². The van der Waals surface area contributed by atoms with Gasteiger partial charge in [0.15, 0.2) is 0 Å². The highest BCUT2D eigenvalue weighted by atomic mass is 32.2. The van der Waals surface area contributed by atoms with E-state index < -0.39 is 21.5 Å². The number of rotatable bonds is 5. The van der Waals surface area contributed by atoms with Crippen molar-refractivity contribution < 1.29 is 17.9 Å². The van der Waals surface area contributed by atoms with Crippen LogP contribution >= 0.6 is 0 Å². The molecule has 2 unspecified atom stereocenters. The number of anilines is 1. The molecule has 3 heterocycles. The van der Waals surface area contributed by atoms with E-state index in [0.717, 1.165) is 11.1 Å². The van der Waals surface area contributed by atoms with Gasteiger partial charge in [0.1, 0.15) is 6.10 Å². The average Bonchev–Trinajstić information content (AvgIpc) is 3.26.